The molecule has 0 unspecified atom stereocenters. The summed E-state index contributed by atoms with van der Waals surface area (Å²) in [4.78, 5) is 11.3. The molecule has 0 atom stereocenters. The van der Waals surface area contributed by atoms with E-state index in [4.69, 9.17) is 5.73 Å². The number of benzene rings is 1. The van der Waals surface area contributed by atoms with Crippen molar-refractivity contribution in [2.45, 2.75) is 32.7 Å². The van der Waals surface area contributed by atoms with Crippen molar-refractivity contribution in [1.29, 1.82) is 0 Å². The van der Waals surface area contributed by atoms with E-state index in [0.29, 0.717) is 12.5 Å². The topological polar surface area (TPSA) is 59.4 Å². The zero-order chi connectivity index (χ0) is 14.7. The van der Waals surface area contributed by atoms with Gasteiger partial charge in [-0.1, -0.05) is 12.1 Å². The number of likely N-dealkylation sites (tertiary alicyclic amines) is 1. The molecule has 6 heteroatoms. The quantitative estimate of drug-likeness (QED) is 0.478. The number of aliphatic imine (C=N–C) groups is 1. The van der Waals surface area contributed by atoms with Gasteiger partial charge in [-0.2, -0.15) is 0 Å². The number of aromatic nitrogens is 2. The lowest BCUT2D eigenvalue weighted by Crippen LogP contribution is -2.41. The van der Waals surface area contributed by atoms with E-state index in [9.17, 15) is 0 Å². The molecule has 22 heavy (non-hydrogen) atoms. The highest BCUT2D eigenvalue weighted by atomic mass is 127. The van der Waals surface area contributed by atoms with Crippen LogP contribution in [0.1, 0.15) is 25.1 Å². The number of nitrogens with zero attached hydrogens (tertiary/aromatic N) is 4. The molecule has 2 N–H and O–H groups in total. The number of hydrogen-bond acceptors (Lipinski definition) is 2. The fourth-order valence-electron chi connectivity index (χ4n) is 2.97. The molecule has 3 rings (SSSR count). The second-order valence-electron chi connectivity index (χ2n) is 5.59. The predicted octanol–water partition coefficient (Wildman–Crippen LogP) is 2.76. The van der Waals surface area contributed by atoms with Crippen molar-refractivity contribution in [1.82, 2.24) is 14.5 Å². The molecule has 120 valence electrons. The van der Waals surface area contributed by atoms with Gasteiger partial charge in [0.25, 0.3) is 0 Å². The van der Waals surface area contributed by atoms with Gasteiger partial charge in [-0.25, -0.2) is 4.98 Å². The van der Waals surface area contributed by atoms with E-state index in [-0.39, 0.29) is 24.0 Å². The van der Waals surface area contributed by atoms with Gasteiger partial charge in [-0.05, 0) is 38.3 Å². The van der Waals surface area contributed by atoms with Crippen LogP contribution in [-0.2, 0) is 6.54 Å². The highest BCUT2D eigenvalue weighted by Crippen LogP contribution is 2.15. The Morgan fingerprint density at radius 3 is 2.73 bits per heavy atom. The summed E-state index contributed by atoms with van der Waals surface area (Å²) in [5.74, 6) is 1.72. The highest BCUT2D eigenvalue weighted by Gasteiger charge is 2.11. The Bertz CT molecular complexity index is 643. The Hall–Kier alpha value is -1.31. The monoisotopic (exact) mass is 413 g/mol. The second kappa shape index (κ2) is 7.80. The largest absolute Gasteiger partial charge is 0.370 e. The van der Waals surface area contributed by atoms with Crippen molar-refractivity contribution in [3.05, 3.63) is 30.1 Å². The van der Waals surface area contributed by atoms with Crippen LogP contribution in [0, 0.1) is 6.92 Å². The third kappa shape index (κ3) is 3.71. The van der Waals surface area contributed by atoms with Crippen LogP contribution in [0.5, 0.6) is 0 Å². The number of piperidine rings is 1. The Morgan fingerprint density at radius 2 is 1.95 bits per heavy atom. The van der Waals surface area contributed by atoms with Gasteiger partial charge in [0.05, 0.1) is 17.6 Å². The fourth-order valence-corrected chi connectivity index (χ4v) is 2.97. The van der Waals surface area contributed by atoms with Crippen molar-refractivity contribution in [2.24, 2.45) is 10.7 Å². The first-order chi connectivity index (χ1) is 10.3. The van der Waals surface area contributed by atoms with Crippen LogP contribution in [0.4, 0.5) is 0 Å². The first-order valence-electron chi connectivity index (χ1n) is 7.72. The van der Waals surface area contributed by atoms with Crippen LogP contribution < -0.4 is 5.73 Å². The first-order valence-corrected chi connectivity index (χ1v) is 7.72. The van der Waals surface area contributed by atoms with Crippen molar-refractivity contribution in [3.8, 4) is 0 Å². The predicted molar refractivity (Wildman–Crippen MR) is 102 cm³/mol. The SMILES string of the molecule is Cc1nc2ccccc2n1CCN=C(N)N1CCCCC1.I. The molecular formula is C16H24IN5. The van der Waals surface area contributed by atoms with Gasteiger partial charge >= 0.3 is 0 Å². The minimum atomic E-state index is 0. The van der Waals surface area contributed by atoms with Gasteiger partial charge in [0.1, 0.15) is 5.82 Å². The highest BCUT2D eigenvalue weighted by molar-refractivity contribution is 14.0. The lowest BCUT2D eigenvalue weighted by molar-refractivity contribution is 0.338. The number of para-hydroxylation sites is 2. The number of nitrogens with two attached hydrogens (primary N) is 1. The molecular weight excluding hydrogens is 389 g/mol. The minimum absolute atomic E-state index is 0. The van der Waals surface area contributed by atoms with E-state index < -0.39 is 0 Å². The lowest BCUT2D eigenvalue weighted by Gasteiger charge is -2.27. The summed E-state index contributed by atoms with van der Waals surface area (Å²) in [5.41, 5.74) is 8.30. The minimum Gasteiger partial charge on any atom is -0.370 e. The Morgan fingerprint density at radius 1 is 1.23 bits per heavy atom. The van der Waals surface area contributed by atoms with E-state index in [1.165, 1.54) is 24.8 Å². The number of imidazole rings is 1. The molecule has 2 aromatic rings. The number of aryl methyl sites for hydroxylation is 1. The van der Waals surface area contributed by atoms with Crippen LogP contribution in [0.15, 0.2) is 29.3 Å². The molecule has 1 aliphatic heterocycles. The molecule has 2 heterocycles. The molecule has 0 spiro atoms. The van der Waals surface area contributed by atoms with Crippen molar-refractivity contribution in [2.75, 3.05) is 19.6 Å². The zero-order valence-corrected chi connectivity index (χ0v) is 15.4. The standard InChI is InChI=1S/C16H23N5.HI/c1-13-19-14-7-3-4-8-15(14)21(13)12-9-18-16(17)20-10-5-2-6-11-20;/h3-4,7-8H,2,5-6,9-12H2,1H3,(H2,17,18);1H. The van der Waals surface area contributed by atoms with Gasteiger partial charge < -0.3 is 15.2 Å². The summed E-state index contributed by atoms with van der Waals surface area (Å²) in [6, 6.07) is 8.22. The van der Waals surface area contributed by atoms with Crippen molar-refractivity contribution >= 4 is 41.0 Å². The van der Waals surface area contributed by atoms with E-state index in [2.05, 4.69) is 25.5 Å². The molecule has 1 saturated heterocycles. The molecule has 0 bridgehead atoms. The molecule has 1 fully saturated rings. The summed E-state index contributed by atoms with van der Waals surface area (Å²) in [6.45, 7) is 5.65. The average molecular weight is 413 g/mol. The summed E-state index contributed by atoms with van der Waals surface area (Å²) in [5, 5.41) is 0. The normalized spacial score (nSPS) is 15.9. The molecule has 5 nitrogen and oxygen atoms in total. The van der Waals surface area contributed by atoms with Crippen LogP contribution in [-0.4, -0.2) is 40.0 Å². The number of guanidine groups is 1. The van der Waals surface area contributed by atoms with Crippen molar-refractivity contribution in [3.63, 3.8) is 0 Å². The Labute approximate surface area is 148 Å². The summed E-state index contributed by atoms with van der Waals surface area (Å²) in [7, 11) is 0. The van der Waals surface area contributed by atoms with Gasteiger partial charge in [0, 0.05) is 19.6 Å². The number of fused-ring (bicyclic) bond motifs is 1. The maximum Gasteiger partial charge on any atom is 0.191 e. The molecule has 1 aliphatic rings. The third-order valence-corrected chi connectivity index (χ3v) is 4.12. The Kier molecular flexibility index (Phi) is 6.05. The number of halogens is 1. The molecule has 0 saturated carbocycles. The van der Waals surface area contributed by atoms with Crippen LogP contribution in [0.25, 0.3) is 11.0 Å². The maximum absolute atomic E-state index is 6.09. The van der Waals surface area contributed by atoms with E-state index in [1.54, 1.807) is 0 Å². The summed E-state index contributed by atoms with van der Waals surface area (Å²) < 4.78 is 2.21. The maximum atomic E-state index is 6.09. The fraction of sp³-hybridized carbons (Fsp3) is 0.500. The van der Waals surface area contributed by atoms with E-state index in [0.717, 1.165) is 31.0 Å². The van der Waals surface area contributed by atoms with Gasteiger partial charge in [-0.15, -0.1) is 24.0 Å². The Balaban J connectivity index is 0.00000176. The summed E-state index contributed by atoms with van der Waals surface area (Å²) in [6.07, 6.45) is 3.76. The molecule has 0 radical (unpaired) electrons. The molecule has 1 aromatic carbocycles. The van der Waals surface area contributed by atoms with Gasteiger partial charge in [0.2, 0.25) is 0 Å². The lowest BCUT2D eigenvalue weighted by atomic mass is 10.1. The van der Waals surface area contributed by atoms with Crippen LogP contribution >= 0.6 is 24.0 Å². The van der Waals surface area contributed by atoms with Gasteiger partial charge in [0.15, 0.2) is 5.96 Å². The van der Waals surface area contributed by atoms with Crippen LogP contribution in [0.2, 0.25) is 0 Å². The van der Waals surface area contributed by atoms with E-state index >= 15 is 0 Å². The average Bonchev–Trinajstić information content (AvgIpc) is 2.84. The zero-order valence-electron chi connectivity index (χ0n) is 13.0. The molecule has 1 aromatic heterocycles. The molecule has 0 aliphatic carbocycles. The van der Waals surface area contributed by atoms with Gasteiger partial charge in [-0.3, -0.25) is 4.99 Å². The third-order valence-electron chi connectivity index (χ3n) is 4.12. The second-order valence-corrected chi connectivity index (χ2v) is 5.59. The van der Waals surface area contributed by atoms with Crippen LogP contribution in [0.3, 0.4) is 0 Å². The summed E-state index contributed by atoms with van der Waals surface area (Å²) >= 11 is 0. The molecule has 0 amide bonds. The number of rotatable bonds is 3. The van der Waals surface area contributed by atoms with E-state index in [1.807, 2.05) is 25.1 Å². The number of hydrogen-bond donors (Lipinski definition) is 1. The smallest absolute Gasteiger partial charge is 0.191 e. The first kappa shape index (κ1) is 17.1. The van der Waals surface area contributed by atoms with Crippen molar-refractivity contribution < 1.29 is 0 Å².